The molecule has 1 aliphatic heterocycles. The molecule has 1 aliphatic rings. The van der Waals surface area contributed by atoms with Crippen molar-refractivity contribution in [3.8, 4) is 5.88 Å². The molecule has 3 heterocycles. The van der Waals surface area contributed by atoms with E-state index in [9.17, 15) is 5.11 Å². The summed E-state index contributed by atoms with van der Waals surface area (Å²) in [5.74, 6) is 1.41. The van der Waals surface area contributed by atoms with E-state index in [4.69, 9.17) is 23.2 Å². The first-order valence-corrected chi connectivity index (χ1v) is 10.3. The topological polar surface area (TPSA) is 53.7 Å². The number of benzene rings is 1. The second kappa shape index (κ2) is 7.00. The summed E-state index contributed by atoms with van der Waals surface area (Å²) in [6.45, 7) is 6.03. The molecule has 8 heteroatoms. The summed E-state index contributed by atoms with van der Waals surface area (Å²) in [6, 6.07) is 5.60. The number of halogens is 2. The van der Waals surface area contributed by atoms with Gasteiger partial charge in [-0.3, -0.25) is 4.90 Å². The van der Waals surface area contributed by atoms with Crippen molar-refractivity contribution < 1.29 is 5.11 Å². The van der Waals surface area contributed by atoms with E-state index in [0.29, 0.717) is 26.7 Å². The van der Waals surface area contributed by atoms with E-state index in [-0.39, 0.29) is 11.9 Å². The van der Waals surface area contributed by atoms with Crippen molar-refractivity contribution in [1.29, 1.82) is 0 Å². The van der Waals surface area contributed by atoms with E-state index in [1.54, 1.807) is 0 Å². The maximum Gasteiger partial charge on any atom is 0.230 e. The van der Waals surface area contributed by atoms with Gasteiger partial charge in [-0.05, 0) is 49.9 Å². The second-order valence-electron chi connectivity index (χ2n) is 6.96. The quantitative estimate of drug-likeness (QED) is 0.664. The number of nitrogens with zero attached hydrogens (tertiary/aromatic N) is 4. The number of thiazole rings is 1. The van der Waals surface area contributed by atoms with E-state index in [1.165, 1.54) is 22.3 Å². The predicted octanol–water partition coefficient (Wildman–Crippen LogP) is 4.93. The number of likely N-dealkylation sites (tertiary alicyclic amines) is 1. The van der Waals surface area contributed by atoms with Crippen LogP contribution < -0.4 is 0 Å². The third kappa shape index (κ3) is 3.20. The van der Waals surface area contributed by atoms with Crippen LogP contribution in [-0.2, 0) is 0 Å². The van der Waals surface area contributed by atoms with Gasteiger partial charge in [0.25, 0.3) is 0 Å². The lowest BCUT2D eigenvalue weighted by atomic mass is 9.95. The maximum absolute atomic E-state index is 10.8. The third-order valence-electron chi connectivity index (χ3n) is 4.87. The summed E-state index contributed by atoms with van der Waals surface area (Å²) < 4.78 is 1.52. The summed E-state index contributed by atoms with van der Waals surface area (Å²) in [7, 11) is 0. The zero-order valence-electron chi connectivity index (χ0n) is 14.6. The van der Waals surface area contributed by atoms with Crippen molar-refractivity contribution >= 4 is 39.5 Å². The maximum atomic E-state index is 10.8. The molecule has 1 N–H and O–H groups in total. The van der Waals surface area contributed by atoms with Crippen LogP contribution in [0.3, 0.4) is 0 Å². The van der Waals surface area contributed by atoms with Gasteiger partial charge in [-0.2, -0.15) is 4.52 Å². The largest absolute Gasteiger partial charge is 0.492 e. The molecule has 0 saturated carbocycles. The van der Waals surface area contributed by atoms with Gasteiger partial charge in [0.15, 0.2) is 0 Å². The number of hydrogen-bond acceptors (Lipinski definition) is 5. The van der Waals surface area contributed by atoms with E-state index < -0.39 is 0 Å². The Morgan fingerprint density at radius 3 is 2.81 bits per heavy atom. The van der Waals surface area contributed by atoms with Gasteiger partial charge in [-0.1, -0.05) is 47.5 Å². The van der Waals surface area contributed by atoms with Gasteiger partial charge in [0.1, 0.15) is 5.82 Å². The fourth-order valence-corrected chi connectivity index (χ4v) is 5.17. The Hall–Kier alpha value is -1.34. The van der Waals surface area contributed by atoms with Crippen molar-refractivity contribution in [2.24, 2.45) is 5.92 Å². The molecule has 0 amide bonds. The second-order valence-corrected chi connectivity index (χ2v) is 8.79. The highest BCUT2D eigenvalue weighted by Gasteiger charge is 2.32. The number of piperidine rings is 1. The molecule has 1 saturated heterocycles. The van der Waals surface area contributed by atoms with Gasteiger partial charge in [0.05, 0.1) is 21.0 Å². The van der Waals surface area contributed by atoms with E-state index in [2.05, 4.69) is 21.9 Å². The van der Waals surface area contributed by atoms with Gasteiger partial charge in [0, 0.05) is 6.54 Å². The molecule has 5 nitrogen and oxygen atoms in total. The Morgan fingerprint density at radius 2 is 2.12 bits per heavy atom. The fourth-order valence-electron chi connectivity index (χ4n) is 3.70. The Balaban J connectivity index is 1.84. The van der Waals surface area contributed by atoms with E-state index >= 15 is 0 Å². The van der Waals surface area contributed by atoms with Crippen LogP contribution in [0.15, 0.2) is 18.2 Å². The highest BCUT2D eigenvalue weighted by molar-refractivity contribution is 7.17. The SMILES string of the molecule is Cc1nc2sc([C@H](c3ccc(Cl)c(Cl)c3)N3CCC[C@@H](C)C3)c(O)n2n1. The molecule has 1 aromatic carbocycles. The van der Waals surface area contributed by atoms with Gasteiger partial charge in [-0.15, -0.1) is 5.10 Å². The normalized spacial score (nSPS) is 19.9. The van der Waals surface area contributed by atoms with Crippen molar-refractivity contribution in [2.45, 2.75) is 32.7 Å². The molecule has 2 atom stereocenters. The van der Waals surface area contributed by atoms with Gasteiger partial charge >= 0.3 is 0 Å². The minimum atomic E-state index is -0.0960. The van der Waals surface area contributed by atoms with Crippen molar-refractivity contribution in [2.75, 3.05) is 13.1 Å². The molecule has 4 rings (SSSR count). The Bertz CT molecular complexity index is 954. The molecule has 26 heavy (non-hydrogen) atoms. The smallest absolute Gasteiger partial charge is 0.230 e. The number of aromatic nitrogens is 3. The van der Waals surface area contributed by atoms with Crippen LogP contribution >= 0.6 is 34.5 Å². The van der Waals surface area contributed by atoms with Gasteiger partial charge in [-0.25, -0.2) is 4.98 Å². The minimum absolute atomic E-state index is 0.0960. The Kier molecular flexibility index (Phi) is 4.86. The molecular formula is C18H20Cl2N4OS. The molecule has 138 valence electrons. The number of aromatic hydroxyl groups is 1. The van der Waals surface area contributed by atoms with Crippen LogP contribution in [0.5, 0.6) is 5.88 Å². The Morgan fingerprint density at radius 1 is 1.31 bits per heavy atom. The van der Waals surface area contributed by atoms with Crippen LogP contribution in [0.25, 0.3) is 4.96 Å². The summed E-state index contributed by atoms with van der Waals surface area (Å²) in [5.41, 5.74) is 1.02. The molecule has 0 spiro atoms. The predicted molar refractivity (Wildman–Crippen MR) is 106 cm³/mol. The lowest BCUT2D eigenvalue weighted by Crippen LogP contribution is -2.37. The monoisotopic (exact) mass is 410 g/mol. The number of hydrogen-bond donors (Lipinski definition) is 1. The van der Waals surface area contributed by atoms with Crippen LogP contribution in [-0.4, -0.2) is 37.7 Å². The molecule has 1 fully saturated rings. The summed E-state index contributed by atoms with van der Waals surface area (Å²) >= 11 is 13.9. The molecular weight excluding hydrogens is 391 g/mol. The lowest BCUT2D eigenvalue weighted by Gasteiger charge is -2.37. The van der Waals surface area contributed by atoms with E-state index in [1.807, 2.05) is 25.1 Å². The highest BCUT2D eigenvalue weighted by atomic mass is 35.5. The first kappa shape index (κ1) is 18.0. The van der Waals surface area contributed by atoms with Crippen LogP contribution in [0, 0.1) is 12.8 Å². The molecule has 0 aliphatic carbocycles. The van der Waals surface area contributed by atoms with Crippen molar-refractivity contribution in [1.82, 2.24) is 19.5 Å². The van der Waals surface area contributed by atoms with E-state index in [0.717, 1.165) is 30.0 Å². The third-order valence-corrected chi connectivity index (χ3v) is 6.68. The zero-order valence-corrected chi connectivity index (χ0v) is 16.9. The van der Waals surface area contributed by atoms with Crippen LogP contribution in [0.1, 0.15) is 42.1 Å². The van der Waals surface area contributed by atoms with Gasteiger partial charge < -0.3 is 5.11 Å². The Labute approximate surface area is 166 Å². The minimum Gasteiger partial charge on any atom is -0.492 e. The first-order valence-electron chi connectivity index (χ1n) is 8.68. The number of rotatable bonds is 3. The summed E-state index contributed by atoms with van der Waals surface area (Å²) in [5, 5.41) is 16.2. The van der Waals surface area contributed by atoms with Crippen LogP contribution in [0.4, 0.5) is 0 Å². The molecule has 3 aromatic rings. The first-order chi connectivity index (χ1) is 12.4. The van der Waals surface area contributed by atoms with Crippen molar-refractivity contribution in [3.05, 3.63) is 44.5 Å². The zero-order chi connectivity index (χ0) is 18.4. The molecule has 2 aromatic heterocycles. The average molecular weight is 411 g/mol. The highest BCUT2D eigenvalue weighted by Crippen LogP contribution is 2.42. The number of fused-ring (bicyclic) bond motifs is 1. The average Bonchev–Trinajstić information content (AvgIpc) is 3.09. The molecule has 0 bridgehead atoms. The van der Waals surface area contributed by atoms with Crippen LogP contribution in [0.2, 0.25) is 10.0 Å². The lowest BCUT2D eigenvalue weighted by molar-refractivity contribution is 0.149. The summed E-state index contributed by atoms with van der Waals surface area (Å²) in [6.07, 6.45) is 2.37. The van der Waals surface area contributed by atoms with Gasteiger partial charge in [0.2, 0.25) is 10.8 Å². The fraction of sp³-hybridized carbons (Fsp3) is 0.444. The molecule has 0 unspecified atom stereocenters. The van der Waals surface area contributed by atoms with Crippen molar-refractivity contribution in [3.63, 3.8) is 0 Å². The molecule has 0 radical (unpaired) electrons. The standard InChI is InChI=1S/C18H20Cl2N4OS/c1-10-4-3-7-23(9-10)15(12-5-6-13(19)14(20)8-12)16-17(25)24-18(26-16)21-11(2)22-24/h5-6,8,10,15,25H,3-4,7,9H2,1-2H3/t10-,15+/m1/s1. The summed E-state index contributed by atoms with van der Waals surface area (Å²) in [4.78, 5) is 8.35. The number of aryl methyl sites for hydroxylation is 1.